The SMILES string of the molecule is Cc1ccccc1OP(=O)(Oc1ccccc1C)Oc1ccccc1C.[H+].[NaH]. The summed E-state index contributed by atoms with van der Waals surface area (Å²) in [4.78, 5) is 0. The Balaban J connectivity index is 0.00000196. The summed E-state index contributed by atoms with van der Waals surface area (Å²) >= 11 is 0. The fraction of sp³-hybridized carbons (Fsp3) is 0.143. The van der Waals surface area contributed by atoms with Gasteiger partial charge in [0.15, 0.2) is 0 Å². The third-order valence-electron chi connectivity index (χ3n) is 3.91. The number of hydrogen-bond donors (Lipinski definition) is 0. The zero-order valence-electron chi connectivity index (χ0n) is 16.0. The van der Waals surface area contributed by atoms with Gasteiger partial charge >= 0.3 is 38.8 Å². The van der Waals surface area contributed by atoms with E-state index in [1.807, 2.05) is 75.4 Å². The maximum absolute atomic E-state index is 13.5. The summed E-state index contributed by atoms with van der Waals surface area (Å²) in [5.74, 6) is 1.37. The molecule has 0 aromatic heterocycles. The molecule has 0 bridgehead atoms. The van der Waals surface area contributed by atoms with Gasteiger partial charge in [-0.3, -0.25) is 0 Å². The zero-order chi connectivity index (χ0) is 18.6. The Bertz CT molecular complexity index is 842. The average molecular weight is 393 g/mol. The Morgan fingerprint density at radius 2 is 0.852 bits per heavy atom. The summed E-state index contributed by atoms with van der Waals surface area (Å²) in [5.41, 5.74) is 2.53. The average Bonchev–Trinajstić information content (AvgIpc) is 2.61. The summed E-state index contributed by atoms with van der Waals surface area (Å²) in [5, 5.41) is 0. The van der Waals surface area contributed by atoms with Gasteiger partial charge in [0.1, 0.15) is 17.2 Å². The van der Waals surface area contributed by atoms with Crippen molar-refractivity contribution < 1.29 is 19.6 Å². The molecule has 0 saturated carbocycles. The molecule has 0 aliphatic heterocycles. The molecule has 3 aromatic carbocycles. The standard InChI is InChI=1S/C21H21O4P.Na.H/c1-16-10-4-7-13-19(16)23-26(22,24-20-14-8-5-11-17(20)2)25-21-15-9-6-12-18(21)3;;/h4-15H,1-3H3;;/p+1. The quantitative estimate of drug-likeness (QED) is 0.397. The van der Waals surface area contributed by atoms with Gasteiger partial charge in [0.25, 0.3) is 0 Å². The van der Waals surface area contributed by atoms with Gasteiger partial charge in [0, 0.05) is 0 Å². The molecule has 0 atom stereocenters. The minimum atomic E-state index is -3.97. The molecule has 0 radical (unpaired) electrons. The third kappa shape index (κ3) is 5.63. The van der Waals surface area contributed by atoms with Crippen molar-refractivity contribution in [3.63, 3.8) is 0 Å². The monoisotopic (exact) mass is 393 g/mol. The summed E-state index contributed by atoms with van der Waals surface area (Å²) in [6, 6.07) is 22.0. The van der Waals surface area contributed by atoms with Crippen molar-refractivity contribution in [2.45, 2.75) is 20.8 Å². The van der Waals surface area contributed by atoms with Crippen LogP contribution in [0.4, 0.5) is 0 Å². The van der Waals surface area contributed by atoms with E-state index in [4.69, 9.17) is 13.6 Å². The Morgan fingerprint density at radius 1 is 0.593 bits per heavy atom. The van der Waals surface area contributed by atoms with E-state index in [2.05, 4.69) is 0 Å². The van der Waals surface area contributed by atoms with E-state index in [1.165, 1.54) is 0 Å². The fourth-order valence-electron chi connectivity index (χ4n) is 2.39. The second-order valence-corrected chi connectivity index (χ2v) is 7.46. The van der Waals surface area contributed by atoms with Crippen molar-refractivity contribution in [2.24, 2.45) is 0 Å². The molecule has 3 rings (SSSR count). The van der Waals surface area contributed by atoms with Gasteiger partial charge in [-0.2, -0.15) is 4.57 Å². The predicted molar refractivity (Wildman–Crippen MR) is 111 cm³/mol. The minimum absolute atomic E-state index is 0. The Hall–Kier alpha value is -1.71. The number of para-hydroxylation sites is 3. The van der Waals surface area contributed by atoms with Crippen molar-refractivity contribution >= 4 is 37.4 Å². The van der Waals surface area contributed by atoms with Gasteiger partial charge in [-0.25, -0.2) is 0 Å². The summed E-state index contributed by atoms with van der Waals surface area (Å²) < 4.78 is 30.8. The van der Waals surface area contributed by atoms with Crippen LogP contribution in [-0.2, 0) is 4.57 Å². The molecule has 0 fully saturated rings. The second kappa shape index (κ2) is 9.48. The van der Waals surface area contributed by atoms with Gasteiger partial charge in [-0.1, -0.05) is 54.6 Å². The third-order valence-corrected chi connectivity index (χ3v) is 5.17. The van der Waals surface area contributed by atoms with Crippen LogP contribution in [0.2, 0.25) is 0 Å². The van der Waals surface area contributed by atoms with Crippen LogP contribution in [-0.4, -0.2) is 29.6 Å². The first-order valence-corrected chi connectivity index (χ1v) is 9.79. The molecule has 0 aliphatic carbocycles. The van der Waals surface area contributed by atoms with Crippen LogP contribution >= 0.6 is 7.82 Å². The maximum atomic E-state index is 13.5. The van der Waals surface area contributed by atoms with Crippen LogP contribution in [0.3, 0.4) is 0 Å². The Labute approximate surface area is 183 Å². The van der Waals surface area contributed by atoms with Crippen molar-refractivity contribution in [3.8, 4) is 17.2 Å². The van der Waals surface area contributed by atoms with E-state index < -0.39 is 7.82 Å². The molecule has 3 aromatic rings. The molecular weight excluding hydrogens is 370 g/mol. The molecule has 0 amide bonds. The van der Waals surface area contributed by atoms with Gasteiger partial charge in [0.2, 0.25) is 0 Å². The molecule has 4 nitrogen and oxygen atoms in total. The van der Waals surface area contributed by atoms with Crippen LogP contribution in [0.1, 0.15) is 18.1 Å². The van der Waals surface area contributed by atoms with Gasteiger partial charge in [0.05, 0.1) is 0 Å². The van der Waals surface area contributed by atoms with E-state index in [1.54, 1.807) is 18.2 Å². The van der Waals surface area contributed by atoms with Crippen LogP contribution in [0, 0.1) is 20.8 Å². The molecule has 6 heteroatoms. The van der Waals surface area contributed by atoms with E-state index in [0.717, 1.165) is 16.7 Å². The van der Waals surface area contributed by atoms with Crippen LogP contribution < -0.4 is 13.6 Å². The molecule has 0 spiro atoms. The van der Waals surface area contributed by atoms with Crippen LogP contribution in [0.15, 0.2) is 72.8 Å². The second-order valence-electron chi connectivity index (χ2n) is 6.02. The van der Waals surface area contributed by atoms with Crippen LogP contribution in [0.25, 0.3) is 0 Å². The molecule has 136 valence electrons. The zero-order valence-corrected chi connectivity index (χ0v) is 15.9. The topological polar surface area (TPSA) is 44.8 Å². The number of benzene rings is 3. The van der Waals surface area contributed by atoms with E-state index in [-0.39, 0.29) is 31.0 Å². The summed E-state index contributed by atoms with van der Waals surface area (Å²) in [6.07, 6.45) is 0. The molecule has 0 saturated heterocycles. The normalized spacial score (nSPS) is 10.6. The Morgan fingerprint density at radius 3 is 1.11 bits per heavy atom. The number of hydrogen-bond acceptors (Lipinski definition) is 4. The van der Waals surface area contributed by atoms with E-state index in [0.29, 0.717) is 17.2 Å². The molecule has 0 N–H and O–H groups in total. The van der Waals surface area contributed by atoms with Crippen molar-refractivity contribution in [2.75, 3.05) is 0 Å². The molecule has 0 unspecified atom stereocenters. The molecule has 27 heavy (non-hydrogen) atoms. The van der Waals surface area contributed by atoms with E-state index in [9.17, 15) is 4.57 Å². The first-order chi connectivity index (χ1) is 12.5. The van der Waals surface area contributed by atoms with Crippen molar-refractivity contribution in [1.29, 1.82) is 0 Å². The van der Waals surface area contributed by atoms with Gasteiger partial charge in [-0.15, -0.1) is 0 Å². The van der Waals surface area contributed by atoms with Gasteiger partial charge in [-0.05, 0) is 55.7 Å². The predicted octanol–water partition coefficient (Wildman–Crippen LogP) is 5.72. The number of phosphoric ester groups is 1. The summed E-state index contributed by atoms with van der Waals surface area (Å²) in [7, 11) is -3.97. The van der Waals surface area contributed by atoms with Crippen molar-refractivity contribution in [1.82, 2.24) is 0 Å². The fourth-order valence-corrected chi connectivity index (χ4v) is 3.84. The molecule has 0 aliphatic rings. The molecule has 0 heterocycles. The van der Waals surface area contributed by atoms with E-state index >= 15 is 0 Å². The number of phosphoric acid groups is 1. The first-order valence-electron chi connectivity index (χ1n) is 8.32. The Kier molecular flexibility index (Phi) is 7.58. The number of aryl methyl sites for hydroxylation is 3. The number of rotatable bonds is 6. The van der Waals surface area contributed by atoms with Crippen molar-refractivity contribution in [3.05, 3.63) is 89.5 Å². The first kappa shape index (κ1) is 21.6. The molecular formula is C21H23NaO4P+. The summed E-state index contributed by atoms with van der Waals surface area (Å²) in [6.45, 7) is 5.63. The van der Waals surface area contributed by atoms with Gasteiger partial charge < -0.3 is 13.6 Å². The van der Waals surface area contributed by atoms with Crippen LogP contribution in [0.5, 0.6) is 17.2 Å².